The van der Waals surface area contributed by atoms with E-state index in [0.717, 1.165) is 42.8 Å². The highest BCUT2D eigenvalue weighted by Gasteiger charge is 2.44. The Hall–Kier alpha value is -2.71. The predicted molar refractivity (Wildman–Crippen MR) is 122 cm³/mol. The lowest BCUT2D eigenvalue weighted by Crippen LogP contribution is -2.41. The first-order valence-electron chi connectivity index (χ1n) is 11.2. The van der Waals surface area contributed by atoms with Gasteiger partial charge in [0.1, 0.15) is 5.84 Å². The van der Waals surface area contributed by atoms with Crippen molar-refractivity contribution in [1.82, 2.24) is 4.90 Å². The van der Waals surface area contributed by atoms with Gasteiger partial charge in [-0.05, 0) is 44.0 Å². The van der Waals surface area contributed by atoms with Crippen molar-refractivity contribution in [2.45, 2.75) is 62.1 Å². The van der Waals surface area contributed by atoms with Crippen molar-refractivity contribution in [3.05, 3.63) is 59.7 Å². The highest BCUT2D eigenvalue weighted by molar-refractivity contribution is 7.86. The number of carbonyl (C=O) groups excluding carboxylic acids is 1. The Morgan fingerprint density at radius 3 is 2.53 bits per heavy atom. The molecule has 1 N–H and O–H groups in total. The molecule has 2 aromatic rings. The van der Waals surface area contributed by atoms with Gasteiger partial charge in [0.15, 0.2) is 0 Å². The number of nitrogens with one attached hydrogen (secondary N) is 1. The van der Waals surface area contributed by atoms with Crippen LogP contribution in [0.2, 0.25) is 0 Å². The SMILES string of the molecule is Cc1ccc(S(=O)(=O)O[C@@H]2C[C@H]3C(=NC4CCCC4)Nc4ccccc4C(=O)N3C2)cc1. The first kappa shape index (κ1) is 21.2. The van der Waals surface area contributed by atoms with Crippen molar-refractivity contribution in [1.29, 1.82) is 0 Å². The summed E-state index contributed by atoms with van der Waals surface area (Å²) in [5, 5.41) is 3.39. The molecule has 7 nitrogen and oxygen atoms in total. The molecule has 0 aromatic heterocycles. The van der Waals surface area contributed by atoms with Crippen LogP contribution in [0.25, 0.3) is 0 Å². The largest absolute Gasteiger partial charge is 0.342 e. The van der Waals surface area contributed by atoms with E-state index in [-0.39, 0.29) is 29.4 Å². The molecule has 2 fully saturated rings. The van der Waals surface area contributed by atoms with Gasteiger partial charge in [-0.3, -0.25) is 14.0 Å². The molecule has 0 spiro atoms. The van der Waals surface area contributed by atoms with E-state index in [2.05, 4.69) is 5.32 Å². The zero-order valence-electron chi connectivity index (χ0n) is 18.0. The number of aliphatic imine (C=N–C) groups is 1. The number of fused-ring (bicyclic) bond motifs is 2. The molecule has 3 aliphatic rings. The zero-order chi connectivity index (χ0) is 22.3. The Morgan fingerprint density at radius 2 is 1.78 bits per heavy atom. The fourth-order valence-corrected chi connectivity index (χ4v) is 5.87. The van der Waals surface area contributed by atoms with Gasteiger partial charge in [-0.1, -0.05) is 42.7 Å². The summed E-state index contributed by atoms with van der Waals surface area (Å²) in [4.78, 5) is 20.2. The van der Waals surface area contributed by atoms with Crippen molar-refractivity contribution in [2.24, 2.45) is 4.99 Å². The van der Waals surface area contributed by atoms with Gasteiger partial charge < -0.3 is 10.2 Å². The monoisotopic (exact) mass is 453 g/mol. The van der Waals surface area contributed by atoms with E-state index in [1.54, 1.807) is 35.2 Å². The zero-order valence-corrected chi connectivity index (χ0v) is 18.8. The molecule has 168 valence electrons. The Bertz CT molecular complexity index is 1150. The number of hydrogen-bond acceptors (Lipinski definition) is 5. The Balaban J connectivity index is 1.44. The molecule has 0 bridgehead atoms. The number of aryl methyl sites for hydroxylation is 1. The number of para-hydroxylation sites is 1. The van der Waals surface area contributed by atoms with Crippen molar-refractivity contribution >= 4 is 27.5 Å². The first-order chi connectivity index (χ1) is 15.4. The summed E-state index contributed by atoms with van der Waals surface area (Å²) in [5.74, 6) is 0.600. The highest BCUT2D eigenvalue weighted by atomic mass is 32.2. The average Bonchev–Trinajstić information content (AvgIpc) is 3.41. The van der Waals surface area contributed by atoms with E-state index in [1.165, 1.54) is 0 Å². The fourth-order valence-electron chi connectivity index (χ4n) is 4.79. The molecule has 1 aliphatic carbocycles. The minimum atomic E-state index is -3.93. The van der Waals surface area contributed by atoms with E-state index in [9.17, 15) is 13.2 Å². The molecule has 2 heterocycles. The van der Waals surface area contributed by atoms with Gasteiger partial charge in [-0.25, -0.2) is 0 Å². The van der Waals surface area contributed by atoms with Gasteiger partial charge in [0, 0.05) is 13.0 Å². The summed E-state index contributed by atoms with van der Waals surface area (Å²) in [7, 11) is -3.93. The molecule has 2 aromatic carbocycles. The first-order valence-corrected chi connectivity index (χ1v) is 12.6. The molecule has 1 saturated carbocycles. The highest BCUT2D eigenvalue weighted by Crippen LogP contribution is 2.33. The summed E-state index contributed by atoms with van der Waals surface area (Å²) in [6.45, 7) is 2.10. The number of benzene rings is 2. The number of amides is 1. The molecule has 1 amide bonds. The third kappa shape index (κ3) is 4.04. The fraction of sp³-hybridized carbons (Fsp3) is 0.417. The van der Waals surface area contributed by atoms with Crippen molar-refractivity contribution < 1.29 is 17.4 Å². The summed E-state index contributed by atoms with van der Waals surface area (Å²) in [5.41, 5.74) is 2.28. The van der Waals surface area contributed by atoms with Crippen LogP contribution in [0, 0.1) is 6.92 Å². The average molecular weight is 454 g/mol. The number of nitrogens with zero attached hydrogens (tertiary/aromatic N) is 2. The third-order valence-electron chi connectivity index (χ3n) is 6.48. The van der Waals surface area contributed by atoms with Gasteiger partial charge in [0.05, 0.1) is 34.3 Å². The summed E-state index contributed by atoms with van der Waals surface area (Å²) >= 11 is 0. The van der Waals surface area contributed by atoms with Crippen molar-refractivity contribution in [2.75, 3.05) is 11.9 Å². The van der Waals surface area contributed by atoms with Crippen LogP contribution in [-0.2, 0) is 14.3 Å². The number of rotatable bonds is 4. The van der Waals surface area contributed by atoms with Gasteiger partial charge in [-0.15, -0.1) is 0 Å². The van der Waals surface area contributed by atoms with E-state index in [4.69, 9.17) is 9.18 Å². The molecular formula is C24H27N3O4S. The van der Waals surface area contributed by atoms with Gasteiger partial charge in [0.2, 0.25) is 0 Å². The minimum Gasteiger partial charge on any atom is -0.342 e. The van der Waals surface area contributed by atoms with E-state index in [1.807, 2.05) is 25.1 Å². The quantitative estimate of drug-likeness (QED) is 0.713. The molecule has 32 heavy (non-hydrogen) atoms. The number of hydrogen-bond donors (Lipinski definition) is 1. The minimum absolute atomic E-state index is 0.125. The molecule has 0 radical (unpaired) electrons. The molecule has 5 rings (SSSR count). The Labute approximate surface area is 188 Å². The van der Waals surface area contributed by atoms with E-state index < -0.39 is 16.2 Å². The topological polar surface area (TPSA) is 88.1 Å². The molecule has 8 heteroatoms. The second-order valence-corrected chi connectivity index (χ2v) is 10.4. The van der Waals surface area contributed by atoms with Crippen LogP contribution in [0.4, 0.5) is 5.69 Å². The standard InChI is InChI=1S/C24H27N3O4S/c1-16-10-12-19(13-11-16)32(29,30)31-18-14-22-23(25-17-6-2-3-7-17)26-21-9-5-4-8-20(21)24(28)27(22)15-18/h4-5,8-13,17-18,22H,2-3,6-7,14-15H2,1H3,(H,25,26)/t18-,22+/m1/s1. The summed E-state index contributed by atoms with van der Waals surface area (Å²) < 4.78 is 31.3. The van der Waals surface area contributed by atoms with Crippen molar-refractivity contribution in [3.63, 3.8) is 0 Å². The number of anilines is 1. The molecular weight excluding hydrogens is 426 g/mol. The van der Waals surface area contributed by atoms with Crippen LogP contribution >= 0.6 is 0 Å². The normalized spacial score (nSPS) is 24.8. The summed E-state index contributed by atoms with van der Waals surface area (Å²) in [6.07, 6.45) is 4.14. The van der Waals surface area contributed by atoms with Crippen LogP contribution < -0.4 is 5.32 Å². The van der Waals surface area contributed by atoms with Crippen LogP contribution in [0.15, 0.2) is 58.4 Å². The molecule has 1 saturated heterocycles. The summed E-state index contributed by atoms with van der Waals surface area (Å²) in [6, 6.07) is 13.9. The number of carbonyl (C=O) groups is 1. The van der Waals surface area contributed by atoms with Gasteiger partial charge >= 0.3 is 0 Å². The third-order valence-corrected chi connectivity index (χ3v) is 7.85. The lowest BCUT2D eigenvalue weighted by Gasteiger charge is -2.23. The maximum Gasteiger partial charge on any atom is 0.297 e. The van der Waals surface area contributed by atoms with Crippen LogP contribution in [0.5, 0.6) is 0 Å². The van der Waals surface area contributed by atoms with Gasteiger partial charge in [0.25, 0.3) is 16.0 Å². The smallest absolute Gasteiger partial charge is 0.297 e. The maximum absolute atomic E-state index is 13.3. The second-order valence-electron chi connectivity index (χ2n) is 8.82. The molecule has 2 atom stereocenters. The van der Waals surface area contributed by atoms with Gasteiger partial charge in [-0.2, -0.15) is 8.42 Å². The lowest BCUT2D eigenvalue weighted by molar-refractivity contribution is 0.0756. The van der Waals surface area contributed by atoms with Crippen LogP contribution in [0.1, 0.15) is 48.0 Å². The lowest BCUT2D eigenvalue weighted by atomic mass is 10.1. The predicted octanol–water partition coefficient (Wildman–Crippen LogP) is 3.75. The van der Waals surface area contributed by atoms with E-state index >= 15 is 0 Å². The second kappa shape index (κ2) is 8.33. The maximum atomic E-state index is 13.3. The van der Waals surface area contributed by atoms with Crippen LogP contribution in [-0.4, -0.2) is 49.8 Å². The Kier molecular flexibility index (Phi) is 5.51. The molecule has 2 aliphatic heterocycles. The van der Waals surface area contributed by atoms with Crippen molar-refractivity contribution in [3.8, 4) is 0 Å². The number of amidine groups is 1. The van der Waals surface area contributed by atoms with E-state index in [0.29, 0.717) is 12.0 Å². The van der Waals surface area contributed by atoms with Crippen LogP contribution in [0.3, 0.4) is 0 Å². The molecule has 0 unspecified atom stereocenters. The Morgan fingerprint density at radius 1 is 1.06 bits per heavy atom.